The number of amides is 1. The number of piperidine rings is 1. The van der Waals surface area contributed by atoms with E-state index in [0.717, 1.165) is 38.2 Å². The first-order valence-electron chi connectivity index (χ1n) is 7.71. The Labute approximate surface area is 121 Å². The molecule has 3 rings (SSSR count). The molecule has 20 heavy (non-hydrogen) atoms. The largest absolute Gasteiger partial charge is 0.371 e. The fourth-order valence-corrected chi connectivity index (χ4v) is 3.26. The molecule has 0 bridgehead atoms. The summed E-state index contributed by atoms with van der Waals surface area (Å²) in [5.74, 6) is 0.270. The number of nitrogens with zero attached hydrogens (tertiary/aromatic N) is 2. The van der Waals surface area contributed by atoms with Crippen molar-refractivity contribution in [1.29, 1.82) is 0 Å². The van der Waals surface area contributed by atoms with Gasteiger partial charge in [-0.1, -0.05) is 13.8 Å². The second-order valence-electron chi connectivity index (χ2n) is 6.85. The zero-order valence-electron chi connectivity index (χ0n) is 12.6. The van der Waals surface area contributed by atoms with Crippen molar-refractivity contribution in [1.82, 2.24) is 0 Å². The third-order valence-corrected chi connectivity index (χ3v) is 4.53. The summed E-state index contributed by atoms with van der Waals surface area (Å²) < 4.78 is 0. The molecule has 108 valence electrons. The van der Waals surface area contributed by atoms with Gasteiger partial charge in [-0.15, -0.1) is 0 Å². The minimum Gasteiger partial charge on any atom is -0.371 e. The Morgan fingerprint density at radius 2 is 1.70 bits per heavy atom. The van der Waals surface area contributed by atoms with E-state index in [2.05, 4.69) is 43.0 Å². The van der Waals surface area contributed by atoms with E-state index in [1.165, 1.54) is 12.1 Å². The van der Waals surface area contributed by atoms with Gasteiger partial charge in [0.2, 0.25) is 5.91 Å². The molecule has 0 atom stereocenters. The maximum atomic E-state index is 11.9. The SMILES string of the molecule is CC1(C)CCN(c2ccc(N3CCCCC3=O)cc2)C1. The summed E-state index contributed by atoms with van der Waals surface area (Å²) in [6, 6.07) is 8.53. The molecule has 2 fully saturated rings. The number of hydrogen-bond donors (Lipinski definition) is 0. The van der Waals surface area contributed by atoms with Gasteiger partial charge < -0.3 is 9.80 Å². The maximum absolute atomic E-state index is 11.9. The molecule has 3 heteroatoms. The summed E-state index contributed by atoms with van der Waals surface area (Å²) in [6.45, 7) is 7.78. The Hall–Kier alpha value is -1.51. The van der Waals surface area contributed by atoms with E-state index in [4.69, 9.17) is 0 Å². The molecule has 1 aromatic rings. The molecular weight excluding hydrogens is 248 g/mol. The van der Waals surface area contributed by atoms with Crippen LogP contribution in [0.1, 0.15) is 39.5 Å². The monoisotopic (exact) mass is 272 g/mol. The van der Waals surface area contributed by atoms with E-state index in [9.17, 15) is 4.79 Å². The normalized spacial score (nSPS) is 22.4. The first-order chi connectivity index (χ1) is 9.55. The van der Waals surface area contributed by atoms with Gasteiger partial charge in [-0.3, -0.25) is 4.79 Å². The van der Waals surface area contributed by atoms with Crippen LogP contribution in [0.3, 0.4) is 0 Å². The van der Waals surface area contributed by atoms with Crippen molar-refractivity contribution in [2.45, 2.75) is 39.5 Å². The third kappa shape index (κ3) is 2.67. The molecule has 0 spiro atoms. The van der Waals surface area contributed by atoms with Crippen LogP contribution in [0.15, 0.2) is 24.3 Å². The van der Waals surface area contributed by atoms with Crippen molar-refractivity contribution in [2.24, 2.45) is 5.41 Å². The van der Waals surface area contributed by atoms with Crippen LogP contribution in [0.25, 0.3) is 0 Å². The molecule has 2 aliphatic rings. The maximum Gasteiger partial charge on any atom is 0.226 e. The highest BCUT2D eigenvalue weighted by atomic mass is 16.2. The van der Waals surface area contributed by atoms with Gasteiger partial charge in [0.05, 0.1) is 0 Å². The Morgan fingerprint density at radius 3 is 2.30 bits per heavy atom. The molecule has 0 aliphatic carbocycles. The predicted molar refractivity (Wildman–Crippen MR) is 83.3 cm³/mol. The van der Waals surface area contributed by atoms with Gasteiger partial charge in [-0.25, -0.2) is 0 Å². The van der Waals surface area contributed by atoms with E-state index in [0.29, 0.717) is 11.8 Å². The molecule has 2 heterocycles. The van der Waals surface area contributed by atoms with E-state index < -0.39 is 0 Å². The highest BCUT2D eigenvalue weighted by Gasteiger charge is 2.29. The first-order valence-corrected chi connectivity index (χ1v) is 7.71. The zero-order chi connectivity index (χ0) is 14.2. The number of hydrogen-bond acceptors (Lipinski definition) is 2. The minimum atomic E-state index is 0.270. The van der Waals surface area contributed by atoms with E-state index in [1.54, 1.807) is 0 Å². The average Bonchev–Trinajstić information content (AvgIpc) is 2.80. The molecule has 0 N–H and O–H groups in total. The molecule has 0 aromatic heterocycles. The van der Waals surface area contributed by atoms with Crippen molar-refractivity contribution in [3.05, 3.63) is 24.3 Å². The van der Waals surface area contributed by atoms with E-state index >= 15 is 0 Å². The summed E-state index contributed by atoms with van der Waals surface area (Å²) in [4.78, 5) is 16.3. The molecule has 1 aromatic carbocycles. The number of rotatable bonds is 2. The first kappa shape index (κ1) is 13.5. The van der Waals surface area contributed by atoms with Crippen LogP contribution >= 0.6 is 0 Å². The molecule has 0 saturated carbocycles. The number of carbonyl (C=O) groups excluding carboxylic acids is 1. The van der Waals surface area contributed by atoms with Crippen molar-refractivity contribution >= 4 is 17.3 Å². The highest BCUT2D eigenvalue weighted by Crippen LogP contribution is 2.33. The number of carbonyl (C=O) groups is 1. The van der Waals surface area contributed by atoms with Gasteiger partial charge >= 0.3 is 0 Å². The molecule has 3 nitrogen and oxygen atoms in total. The van der Waals surface area contributed by atoms with Gasteiger partial charge in [-0.2, -0.15) is 0 Å². The summed E-state index contributed by atoms with van der Waals surface area (Å²) in [7, 11) is 0. The van der Waals surface area contributed by atoms with Crippen LogP contribution in [0.5, 0.6) is 0 Å². The van der Waals surface area contributed by atoms with Crippen LogP contribution in [0, 0.1) is 5.41 Å². The molecule has 0 unspecified atom stereocenters. The van der Waals surface area contributed by atoms with Crippen LogP contribution < -0.4 is 9.80 Å². The van der Waals surface area contributed by atoms with Crippen molar-refractivity contribution in [2.75, 3.05) is 29.4 Å². The van der Waals surface area contributed by atoms with E-state index in [-0.39, 0.29) is 5.91 Å². The quantitative estimate of drug-likeness (QED) is 0.823. The van der Waals surface area contributed by atoms with Crippen LogP contribution in [-0.2, 0) is 4.79 Å². The lowest BCUT2D eigenvalue weighted by Crippen LogP contribution is -2.35. The fourth-order valence-electron chi connectivity index (χ4n) is 3.26. The second-order valence-corrected chi connectivity index (χ2v) is 6.85. The summed E-state index contributed by atoms with van der Waals surface area (Å²) >= 11 is 0. The van der Waals surface area contributed by atoms with Gasteiger partial charge in [-0.05, 0) is 48.9 Å². The zero-order valence-corrected chi connectivity index (χ0v) is 12.6. The van der Waals surface area contributed by atoms with Crippen LogP contribution in [0.2, 0.25) is 0 Å². The second kappa shape index (κ2) is 5.12. The molecule has 2 aliphatic heterocycles. The molecule has 2 saturated heterocycles. The van der Waals surface area contributed by atoms with Crippen molar-refractivity contribution < 1.29 is 4.79 Å². The Kier molecular flexibility index (Phi) is 3.45. The standard InChI is InChI=1S/C17H24N2O/c1-17(2)10-12-18(13-17)14-6-8-15(9-7-14)19-11-4-3-5-16(19)20/h6-9H,3-5,10-13H2,1-2H3. The average molecular weight is 272 g/mol. The Bertz CT molecular complexity index is 492. The Morgan fingerprint density at radius 1 is 1.00 bits per heavy atom. The van der Waals surface area contributed by atoms with Gasteiger partial charge in [0, 0.05) is 37.4 Å². The molecular formula is C17H24N2O. The van der Waals surface area contributed by atoms with Crippen LogP contribution in [-0.4, -0.2) is 25.5 Å². The molecule has 1 amide bonds. The number of benzene rings is 1. The lowest BCUT2D eigenvalue weighted by Gasteiger charge is -2.27. The van der Waals surface area contributed by atoms with Crippen molar-refractivity contribution in [3.63, 3.8) is 0 Å². The van der Waals surface area contributed by atoms with Gasteiger partial charge in [0.15, 0.2) is 0 Å². The molecule has 0 radical (unpaired) electrons. The van der Waals surface area contributed by atoms with Gasteiger partial charge in [0.1, 0.15) is 0 Å². The summed E-state index contributed by atoms with van der Waals surface area (Å²) in [5, 5.41) is 0. The smallest absolute Gasteiger partial charge is 0.226 e. The fraction of sp³-hybridized carbons (Fsp3) is 0.588. The Balaban J connectivity index is 1.73. The third-order valence-electron chi connectivity index (χ3n) is 4.53. The van der Waals surface area contributed by atoms with E-state index in [1.807, 2.05) is 4.90 Å². The number of anilines is 2. The highest BCUT2D eigenvalue weighted by molar-refractivity contribution is 5.94. The summed E-state index contributed by atoms with van der Waals surface area (Å²) in [6.07, 6.45) is 4.10. The van der Waals surface area contributed by atoms with Gasteiger partial charge in [0.25, 0.3) is 0 Å². The summed E-state index contributed by atoms with van der Waals surface area (Å²) in [5.41, 5.74) is 2.75. The lowest BCUT2D eigenvalue weighted by molar-refractivity contribution is -0.119. The minimum absolute atomic E-state index is 0.270. The predicted octanol–water partition coefficient (Wildman–Crippen LogP) is 3.44. The van der Waals surface area contributed by atoms with Crippen molar-refractivity contribution in [3.8, 4) is 0 Å². The van der Waals surface area contributed by atoms with Crippen LogP contribution in [0.4, 0.5) is 11.4 Å². The lowest BCUT2D eigenvalue weighted by atomic mass is 9.93. The topological polar surface area (TPSA) is 23.6 Å².